The summed E-state index contributed by atoms with van der Waals surface area (Å²) in [5, 5.41) is 18.5. The molecule has 1 aliphatic carbocycles. The number of rotatable bonds is 9. The Morgan fingerprint density at radius 1 is 1.00 bits per heavy atom. The van der Waals surface area contributed by atoms with Crippen molar-refractivity contribution in [2.75, 3.05) is 30.8 Å². The first-order valence-corrected chi connectivity index (χ1v) is 13.4. The number of aryl methyl sites for hydroxylation is 1. The highest BCUT2D eigenvalue weighted by molar-refractivity contribution is 6.01. The van der Waals surface area contributed by atoms with Gasteiger partial charge in [0.15, 0.2) is 0 Å². The van der Waals surface area contributed by atoms with Crippen molar-refractivity contribution in [2.45, 2.75) is 64.0 Å². The van der Waals surface area contributed by atoms with Crippen molar-refractivity contribution in [2.24, 2.45) is 5.92 Å². The number of aliphatic carboxylic acids is 1. The van der Waals surface area contributed by atoms with Crippen LogP contribution in [0.25, 0.3) is 0 Å². The molecule has 2 aromatic rings. The molecule has 1 atom stereocenters. The molecule has 1 aliphatic heterocycles. The highest BCUT2D eigenvalue weighted by atomic mass is 16.5. The second kappa shape index (κ2) is 12.8. The number of amides is 3. The first-order valence-electron chi connectivity index (χ1n) is 13.4. The summed E-state index contributed by atoms with van der Waals surface area (Å²) in [6.07, 6.45) is 5.34. The normalized spacial score (nSPS) is 21.1. The number of ether oxygens (including phenoxy) is 1. The number of methoxy groups -OCH3 is 1. The predicted octanol–water partition coefficient (Wildman–Crippen LogP) is 4.41. The van der Waals surface area contributed by atoms with Crippen LogP contribution < -0.4 is 20.7 Å². The maximum atomic E-state index is 13.2. The van der Waals surface area contributed by atoms with Crippen LogP contribution in [0.4, 0.5) is 16.2 Å². The van der Waals surface area contributed by atoms with E-state index in [-0.39, 0.29) is 30.3 Å². The molecule has 3 amide bonds. The Hall–Kier alpha value is -3.59. The van der Waals surface area contributed by atoms with Crippen molar-refractivity contribution < 1.29 is 24.2 Å². The number of carbonyl (C=O) groups excluding carboxylic acids is 2. The second-order valence-electron chi connectivity index (χ2n) is 10.3. The highest BCUT2D eigenvalue weighted by Crippen LogP contribution is 2.28. The molecule has 0 spiro atoms. The van der Waals surface area contributed by atoms with Crippen molar-refractivity contribution in [3.8, 4) is 5.75 Å². The number of para-hydroxylation sites is 1. The van der Waals surface area contributed by atoms with E-state index in [1.165, 1.54) is 7.11 Å². The summed E-state index contributed by atoms with van der Waals surface area (Å²) < 4.78 is 5.50. The van der Waals surface area contributed by atoms with E-state index in [1.54, 1.807) is 12.1 Å². The molecule has 9 nitrogen and oxygen atoms in total. The third kappa shape index (κ3) is 7.04. The molecule has 1 heterocycles. The Bertz CT molecular complexity index is 1150. The Morgan fingerprint density at radius 3 is 2.45 bits per heavy atom. The van der Waals surface area contributed by atoms with Crippen LogP contribution in [0.3, 0.4) is 0 Å². The van der Waals surface area contributed by atoms with E-state index in [4.69, 9.17) is 4.74 Å². The first-order chi connectivity index (χ1) is 18.3. The number of nitrogens with zero attached hydrogens (tertiary/aromatic N) is 1. The van der Waals surface area contributed by atoms with Gasteiger partial charge in [0.25, 0.3) is 0 Å². The molecule has 2 aliphatic rings. The lowest BCUT2D eigenvalue weighted by atomic mass is 9.86. The van der Waals surface area contributed by atoms with E-state index in [1.807, 2.05) is 42.2 Å². The van der Waals surface area contributed by atoms with Gasteiger partial charge in [-0.1, -0.05) is 24.3 Å². The molecule has 204 valence electrons. The van der Waals surface area contributed by atoms with Crippen LogP contribution in [0.15, 0.2) is 42.5 Å². The number of hydrogen-bond acceptors (Lipinski definition) is 5. The minimum absolute atomic E-state index is 0.0731. The van der Waals surface area contributed by atoms with Gasteiger partial charge in [0.2, 0.25) is 5.91 Å². The van der Waals surface area contributed by atoms with Crippen molar-refractivity contribution in [1.29, 1.82) is 0 Å². The Balaban J connectivity index is 1.30. The summed E-state index contributed by atoms with van der Waals surface area (Å²) in [5.41, 5.74) is 3.04. The molecule has 0 radical (unpaired) electrons. The first kappa shape index (κ1) is 27.4. The van der Waals surface area contributed by atoms with E-state index < -0.39 is 5.97 Å². The Morgan fingerprint density at radius 2 is 1.74 bits per heavy atom. The number of likely N-dealkylation sites (tertiary alicyclic amines) is 1. The van der Waals surface area contributed by atoms with Crippen LogP contribution in [-0.4, -0.2) is 60.2 Å². The average molecular weight is 523 g/mol. The van der Waals surface area contributed by atoms with E-state index in [0.717, 1.165) is 55.6 Å². The van der Waals surface area contributed by atoms with Crippen molar-refractivity contribution in [3.05, 3.63) is 53.6 Å². The van der Waals surface area contributed by atoms with Crippen LogP contribution >= 0.6 is 0 Å². The molecule has 1 saturated carbocycles. The van der Waals surface area contributed by atoms with Crippen molar-refractivity contribution in [3.63, 3.8) is 0 Å². The third-order valence-corrected chi connectivity index (χ3v) is 7.68. The molecule has 4 N–H and O–H groups in total. The maximum Gasteiger partial charge on any atom is 0.323 e. The van der Waals surface area contributed by atoms with Gasteiger partial charge >= 0.3 is 12.0 Å². The SMILES string of the molecule is COc1cc(CC(=O)N2CCCC2CNC2CCC(C(=O)O)CC2)ccc1NC(=O)Nc1ccccc1C. The fourth-order valence-electron chi connectivity index (χ4n) is 5.44. The van der Waals surface area contributed by atoms with Gasteiger partial charge in [0, 0.05) is 30.9 Å². The summed E-state index contributed by atoms with van der Waals surface area (Å²) in [6, 6.07) is 13.0. The molecule has 4 rings (SSSR count). The third-order valence-electron chi connectivity index (χ3n) is 7.68. The number of anilines is 2. The van der Waals surface area contributed by atoms with Crippen LogP contribution in [0.2, 0.25) is 0 Å². The smallest absolute Gasteiger partial charge is 0.323 e. The number of carboxylic acid groups (broad SMARTS) is 1. The molecule has 0 aromatic heterocycles. The molecule has 9 heteroatoms. The minimum atomic E-state index is -0.693. The quantitative estimate of drug-likeness (QED) is 0.387. The fourth-order valence-corrected chi connectivity index (χ4v) is 5.44. The monoisotopic (exact) mass is 522 g/mol. The highest BCUT2D eigenvalue weighted by Gasteiger charge is 2.31. The van der Waals surface area contributed by atoms with Gasteiger partial charge in [-0.25, -0.2) is 4.79 Å². The van der Waals surface area contributed by atoms with Crippen LogP contribution in [0.5, 0.6) is 5.75 Å². The van der Waals surface area contributed by atoms with E-state index in [0.29, 0.717) is 30.3 Å². The van der Waals surface area contributed by atoms with Crippen LogP contribution in [-0.2, 0) is 16.0 Å². The summed E-state index contributed by atoms with van der Waals surface area (Å²) in [4.78, 5) is 38.9. The lowest BCUT2D eigenvalue weighted by Gasteiger charge is -2.30. The van der Waals surface area contributed by atoms with Crippen LogP contribution in [0.1, 0.15) is 49.7 Å². The maximum absolute atomic E-state index is 13.2. The molecule has 1 unspecified atom stereocenters. The summed E-state index contributed by atoms with van der Waals surface area (Å²) in [5.74, 6) is -0.351. The lowest BCUT2D eigenvalue weighted by Crippen LogP contribution is -2.45. The zero-order valence-electron chi connectivity index (χ0n) is 22.2. The number of carbonyl (C=O) groups is 3. The molecule has 0 bridgehead atoms. The summed E-state index contributed by atoms with van der Waals surface area (Å²) in [7, 11) is 1.54. The minimum Gasteiger partial charge on any atom is -0.495 e. The van der Waals surface area contributed by atoms with Crippen molar-refractivity contribution in [1.82, 2.24) is 10.2 Å². The van der Waals surface area contributed by atoms with Gasteiger partial charge in [-0.2, -0.15) is 0 Å². The van der Waals surface area contributed by atoms with E-state index in [2.05, 4.69) is 16.0 Å². The van der Waals surface area contributed by atoms with Gasteiger partial charge in [-0.05, 0) is 74.8 Å². The van der Waals surface area contributed by atoms with Gasteiger partial charge < -0.3 is 30.7 Å². The second-order valence-corrected chi connectivity index (χ2v) is 10.3. The van der Waals surface area contributed by atoms with Crippen molar-refractivity contribution >= 4 is 29.3 Å². The zero-order chi connectivity index (χ0) is 27.1. The van der Waals surface area contributed by atoms with Gasteiger partial charge in [-0.15, -0.1) is 0 Å². The number of urea groups is 1. The lowest BCUT2D eigenvalue weighted by molar-refractivity contribution is -0.143. The molecular formula is C29H38N4O5. The summed E-state index contributed by atoms with van der Waals surface area (Å²) in [6.45, 7) is 3.40. The van der Waals surface area contributed by atoms with Gasteiger partial charge in [-0.3, -0.25) is 9.59 Å². The number of benzene rings is 2. The average Bonchev–Trinajstić information content (AvgIpc) is 3.39. The number of nitrogens with one attached hydrogen (secondary N) is 3. The standard InChI is InChI=1S/C29H38N4O5/c1-19-6-3-4-8-24(19)31-29(37)32-25-14-9-20(16-26(25)38-2)17-27(34)33-15-5-7-23(33)18-30-22-12-10-21(11-13-22)28(35)36/h3-4,6,8-9,14,16,21-23,30H,5,7,10-13,15,17-18H2,1-2H3,(H,35,36)(H2,31,32,37). The topological polar surface area (TPSA) is 120 Å². The summed E-state index contributed by atoms with van der Waals surface area (Å²) >= 11 is 0. The van der Waals surface area contributed by atoms with E-state index >= 15 is 0 Å². The number of carboxylic acids is 1. The Kier molecular flexibility index (Phi) is 9.23. The van der Waals surface area contributed by atoms with Gasteiger partial charge in [0.05, 0.1) is 25.1 Å². The molecule has 2 aromatic carbocycles. The number of hydrogen-bond donors (Lipinski definition) is 4. The zero-order valence-corrected chi connectivity index (χ0v) is 22.2. The molecule has 1 saturated heterocycles. The molecule has 38 heavy (non-hydrogen) atoms. The predicted molar refractivity (Wildman–Crippen MR) is 147 cm³/mol. The molecule has 2 fully saturated rings. The Labute approximate surface area is 223 Å². The van der Waals surface area contributed by atoms with Gasteiger partial charge in [0.1, 0.15) is 5.75 Å². The molecular weight excluding hydrogens is 484 g/mol. The fraction of sp³-hybridized carbons (Fsp3) is 0.483. The van der Waals surface area contributed by atoms with Crippen LogP contribution in [0, 0.1) is 12.8 Å². The van der Waals surface area contributed by atoms with E-state index in [9.17, 15) is 19.5 Å². The largest absolute Gasteiger partial charge is 0.495 e.